The monoisotopic (exact) mass is 305 g/mol. The molecule has 2 aromatic rings. The van der Waals surface area contributed by atoms with Crippen molar-refractivity contribution in [3.63, 3.8) is 0 Å². The summed E-state index contributed by atoms with van der Waals surface area (Å²) in [5, 5.41) is 14.5. The molecule has 1 heterocycles. The zero-order valence-corrected chi connectivity index (χ0v) is 12.2. The van der Waals surface area contributed by atoms with Crippen LogP contribution >= 0.6 is 0 Å². The lowest BCUT2D eigenvalue weighted by Crippen LogP contribution is -2.30. The second kappa shape index (κ2) is 5.03. The van der Waals surface area contributed by atoms with Crippen molar-refractivity contribution in [1.82, 2.24) is 0 Å². The highest BCUT2D eigenvalue weighted by Gasteiger charge is 2.40. The van der Waals surface area contributed by atoms with E-state index in [0.717, 1.165) is 22.6 Å². The van der Waals surface area contributed by atoms with Crippen molar-refractivity contribution < 1.29 is 9.18 Å². The van der Waals surface area contributed by atoms with Gasteiger partial charge >= 0.3 is 0 Å². The molecule has 1 aliphatic carbocycles. The Bertz CT molecular complexity index is 897. The predicted octanol–water partition coefficient (Wildman–Crippen LogP) is 3.01. The Morgan fingerprint density at radius 1 is 1.26 bits per heavy atom. The van der Waals surface area contributed by atoms with Crippen molar-refractivity contribution in [2.45, 2.75) is 12.8 Å². The first-order valence-corrected chi connectivity index (χ1v) is 7.39. The molecule has 2 aromatic carbocycles. The average molecular weight is 305 g/mol. The van der Waals surface area contributed by atoms with Gasteiger partial charge in [0.2, 0.25) is 0 Å². The van der Waals surface area contributed by atoms with E-state index in [2.05, 4.69) is 5.10 Å². The number of carbonyl (C=O) groups is 1. The van der Waals surface area contributed by atoms with Gasteiger partial charge in [-0.05, 0) is 36.6 Å². The molecule has 1 unspecified atom stereocenters. The molecular formula is C18H12FN3O. The third-order valence-electron chi connectivity index (χ3n) is 4.34. The zero-order valence-electron chi connectivity index (χ0n) is 12.2. The van der Waals surface area contributed by atoms with Crippen LogP contribution in [0.3, 0.4) is 0 Å². The van der Waals surface area contributed by atoms with E-state index in [1.165, 1.54) is 18.2 Å². The number of anilines is 1. The predicted molar refractivity (Wildman–Crippen MR) is 83.4 cm³/mol. The molecule has 1 aliphatic heterocycles. The Labute approximate surface area is 132 Å². The Morgan fingerprint density at radius 2 is 2.09 bits per heavy atom. The van der Waals surface area contributed by atoms with Gasteiger partial charge in [0.15, 0.2) is 0 Å². The highest BCUT2D eigenvalue weighted by Crippen LogP contribution is 2.35. The molecule has 0 saturated heterocycles. The number of hydrogen-bond acceptors (Lipinski definition) is 3. The molecule has 0 saturated carbocycles. The highest BCUT2D eigenvalue weighted by atomic mass is 19.1. The minimum Gasteiger partial charge on any atom is -0.272 e. The first kappa shape index (κ1) is 13.6. The Kier molecular flexibility index (Phi) is 2.98. The van der Waals surface area contributed by atoms with Crippen LogP contribution in [0.4, 0.5) is 10.1 Å². The average Bonchev–Trinajstić information content (AvgIpc) is 2.93. The van der Waals surface area contributed by atoms with Crippen molar-refractivity contribution in [3.8, 4) is 6.07 Å². The van der Waals surface area contributed by atoms with Gasteiger partial charge in [0.25, 0.3) is 5.91 Å². The van der Waals surface area contributed by atoms with E-state index in [1.54, 1.807) is 0 Å². The van der Waals surface area contributed by atoms with Gasteiger partial charge in [-0.15, -0.1) is 0 Å². The highest BCUT2D eigenvalue weighted by molar-refractivity contribution is 6.22. The van der Waals surface area contributed by atoms with Crippen molar-refractivity contribution in [2.75, 3.05) is 5.01 Å². The molecule has 5 heteroatoms. The molecule has 0 N–H and O–H groups in total. The van der Waals surface area contributed by atoms with Crippen LogP contribution in [-0.4, -0.2) is 11.6 Å². The summed E-state index contributed by atoms with van der Waals surface area (Å²) in [6.45, 7) is 0. The number of aryl methyl sites for hydroxylation is 1. The van der Waals surface area contributed by atoms with Gasteiger partial charge in [0.1, 0.15) is 11.5 Å². The van der Waals surface area contributed by atoms with Crippen molar-refractivity contribution in [1.29, 1.82) is 5.26 Å². The van der Waals surface area contributed by atoms with Crippen LogP contribution in [-0.2, 0) is 11.2 Å². The number of nitriles is 1. The zero-order chi connectivity index (χ0) is 16.0. The lowest BCUT2D eigenvalue weighted by atomic mass is 9.82. The van der Waals surface area contributed by atoms with Crippen LogP contribution in [0.15, 0.2) is 47.6 Å². The standard InChI is InChI=1S/C18H12FN3O/c19-15-8-5-11(10-20)9-16(15)22-18(23)14-7-6-12-3-1-2-4-13(12)17(14)21-22/h1-5,8-9,14H,6-7H2. The fourth-order valence-corrected chi connectivity index (χ4v) is 3.20. The van der Waals surface area contributed by atoms with Gasteiger partial charge in [-0.25, -0.2) is 4.39 Å². The van der Waals surface area contributed by atoms with E-state index in [0.29, 0.717) is 17.7 Å². The number of amides is 1. The molecule has 1 amide bonds. The number of rotatable bonds is 1. The first-order chi connectivity index (χ1) is 11.2. The topological polar surface area (TPSA) is 56.5 Å². The number of carbonyl (C=O) groups excluding carboxylic acids is 1. The molecule has 112 valence electrons. The second-order valence-corrected chi connectivity index (χ2v) is 5.66. The molecule has 0 fully saturated rings. The number of hydrogen-bond donors (Lipinski definition) is 0. The van der Waals surface area contributed by atoms with Crippen molar-refractivity contribution in [2.24, 2.45) is 11.0 Å². The lowest BCUT2D eigenvalue weighted by molar-refractivity contribution is -0.119. The van der Waals surface area contributed by atoms with Crippen LogP contribution in [0.1, 0.15) is 23.1 Å². The number of halogens is 1. The summed E-state index contributed by atoms with van der Waals surface area (Å²) in [5.41, 5.74) is 3.14. The summed E-state index contributed by atoms with van der Waals surface area (Å²) >= 11 is 0. The maximum Gasteiger partial charge on any atom is 0.256 e. The van der Waals surface area contributed by atoms with Crippen LogP contribution in [0.5, 0.6) is 0 Å². The van der Waals surface area contributed by atoms with Crippen LogP contribution in [0.25, 0.3) is 0 Å². The molecule has 0 bridgehead atoms. The number of hydrazone groups is 1. The van der Waals surface area contributed by atoms with E-state index in [1.807, 2.05) is 30.3 Å². The van der Waals surface area contributed by atoms with Crippen LogP contribution in [0.2, 0.25) is 0 Å². The van der Waals surface area contributed by atoms with Gasteiger partial charge < -0.3 is 0 Å². The summed E-state index contributed by atoms with van der Waals surface area (Å²) in [6, 6.07) is 13.7. The summed E-state index contributed by atoms with van der Waals surface area (Å²) < 4.78 is 14.1. The van der Waals surface area contributed by atoms with Gasteiger partial charge in [-0.3, -0.25) is 4.79 Å². The van der Waals surface area contributed by atoms with Gasteiger partial charge in [-0.1, -0.05) is 24.3 Å². The van der Waals surface area contributed by atoms with E-state index >= 15 is 0 Å². The largest absolute Gasteiger partial charge is 0.272 e. The maximum absolute atomic E-state index is 14.1. The molecule has 1 atom stereocenters. The van der Waals surface area contributed by atoms with Crippen LogP contribution < -0.4 is 5.01 Å². The summed E-state index contributed by atoms with van der Waals surface area (Å²) in [6.07, 6.45) is 1.48. The van der Waals surface area contributed by atoms with Crippen LogP contribution in [0, 0.1) is 23.1 Å². The van der Waals surface area contributed by atoms with Gasteiger partial charge in [0, 0.05) is 5.56 Å². The van der Waals surface area contributed by atoms with Crippen molar-refractivity contribution in [3.05, 3.63) is 65.0 Å². The van der Waals surface area contributed by atoms with E-state index in [9.17, 15) is 9.18 Å². The third-order valence-corrected chi connectivity index (χ3v) is 4.34. The lowest BCUT2D eigenvalue weighted by Gasteiger charge is -2.20. The smallest absolute Gasteiger partial charge is 0.256 e. The quantitative estimate of drug-likeness (QED) is 0.813. The minimum absolute atomic E-state index is 0.0356. The SMILES string of the molecule is N#Cc1ccc(F)c(N2N=C3c4ccccc4CCC3C2=O)c1. The van der Waals surface area contributed by atoms with E-state index in [4.69, 9.17) is 5.26 Å². The fourth-order valence-electron chi connectivity index (χ4n) is 3.20. The molecule has 2 aliphatic rings. The van der Waals surface area contributed by atoms with E-state index < -0.39 is 5.82 Å². The molecule has 23 heavy (non-hydrogen) atoms. The van der Waals surface area contributed by atoms with Gasteiger partial charge in [0.05, 0.1) is 23.3 Å². The summed E-state index contributed by atoms with van der Waals surface area (Å²) in [7, 11) is 0. The molecule has 0 spiro atoms. The second-order valence-electron chi connectivity index (χ2n) is 5.66. The molecule has 4 nitrogen and oxygen atoms in total. The summed E-state index contributed by atoms with van der Waals surface area (Å²) in [4.78, 5) is 12.7. The molecule has 4 rings (SSSR count). The Hall–Kier alpha value is -3.00. The maximum atomic E-state index is 14.1. The number of nitrogens with zero attached hydrogens (tertiary/aromatic N) is 3. The van der Waals surface area contributed by atoms with E-state index in [-0.39, 0.29) is 17.5 Å². The molecule has 0 radical (unpaired) electrons. The molecule has 0 aromatic heterocycles. The Morgan fingerprint density at radius 3 is 2.91 bits per heavy atom. The summed E-state index contributed by atoms with van der Waals surface area (Å²) in [5.74, 6) is -1.13. The molecular weight excluding hydrogens is 293 g/mol. The number of fused-ring (bicyclic) bond motifs is 3. The first-order valence-electron chi connectivity index (χ1n) is 7.39. The Balaban J connectivity index is 1.83. The van der Waals surface area contributed by atoms with Gasteiger partial charge in [-0.2, -0.15) is 15.4 Å². The van der Waals surface area contributed by atoms with Crippen molar-refractivity contribution >= 4 is 17.3 Å². The third kappa shape index (κ3) is 2.03. The fraction of sp³-hybridized carbons (Fsp3) is 0.167. The minimum atomic E-state index is -0.561. The number of benzene rings is 2. The normalized spacial score (nSPS) is 19.0.